The van der Waals surface area contributed by atoms with Gasteiger partial charge in [-0.15, -0.1) is 0 Å². The lowest BCUT2D eigenvalue weighted by molar-refractivity contribution is -0.142. The van der Waals surface area contributed by atoms with Crippen LogP contribution in [0.3, 0.4) is 0 Å². The Bertz CT molecular complexity index is 249. The monoisotopic (exact) mass is 228 g/mol. The highest BCUT2D eigenvalue weighted by atomic mass is 16.5. The SMILES string of the molecule is CC1CCCCC[C@@H](O)[C@@H](O)/C=C/C(=O)O1. The van der Waals surface area contributed by atoms with Crippen LogP contribution in [0.2, 0.25) is 0 Å². The van der Waals surface area contributed by atoms with Gasteiger partial charge in [0.2, 0.25) is 0 Å². The molecule has 4 nitrogen and oxygen atoms in total. The number of cyclic esters (lactones) is 1. The molecule has 0 aromatic heterocycles. The molecule has 1 heterocycles. The lowest BCUT2D eigenvalue weighted by Crippen LogP contribution is -2.24. The third-order valence-electron chi connectivity index (χ3n) is 2.75. The molecule has 0 bridgehead atoms. The first-order chi connectivity index (χ1) is 7.59. The van der Waals surface area contributed by atoms with Crippen molar-refractivity contribution in [1.29, 1.82) is 0 Å². The molecule has 1 aliphatic rings. The maximum Gasteiger partial charge on any atom is 0.330 e. The van der Waals surface area contributed by atoms with Gasteiger partial charge in [-0.05, 0) is 32.3 Å². The number of ether oxygens (including phenoxy) is 1. The van der Waals surface area contributed by atoms with Crippen LogP contribution in [0.15, 0.2) is 12.2 Å². The first-order valence-electron chi connectivity index (χ1n) is 5.84. The third kappa shape index (κ3) is 4.77. The molecule has 3 atom stereocenters. The van der Waals surface area contributed by atoms with Gasteiger partial charge in [0.1, 0.15) is 0 Å². The number of carbonyl (C=O) groups is 1. The van der Waals surface area contributed by atoms with E-state index in [1.165, 1.54) is 12.2 Å². The van der Waals surface area contributed by atoms with Crippen LogP contribution >= 0.6 is 0 Å². The van der Waals surface area contributed by atoms with Gasteiger partial charge in [-0.1, -0.05) is 12.8 Å². The Hall–Kier alpha value is -0.870. The smallest absolute Gasteiger partial charge is 0.330 e. The summed E-state index contributed by atoms with van der Waals surface area (Å²) in [5, 5.41) is 19.0. The van der Waals surface area contributed by atoms with Gasteiger partial charge in [0.15, 0.2) is 0 Å². The largest absolute Gasteiger partial charge is 0.460 e. The molecule has 4 heteroatoms. The normalized spacial score (nSPS) is 35.7. The molecular weight excluding hydrogens is 208 g/mol. The van der Waals surface area contributed by atoms with Crippen molar-refractivity contribution in [3.63, 3.8) is 0 Å². The number of esters is 1. The number of hydrogen-bond acceptors (Lipinski definition) is 4. The van der Waals surface area contributed by atoms with Crippen molar-refractivity contribution >= 4 is 5.97 Å². The molecular formula is C12H20O4. The van der Waals surface area contributed by atoms with Crippen molar-refractivity contribution in [3.05, 3.63) is 12.2 Å². The summed E-state index contributed by atoms with van der Waals surface area (Å²) in [6.07, 6.45) is 4.87. The molecule has 1 unspecified atom stereocenters. The van der Waals surface area contributed by atoms with E-state index in [9.17, 15) is 15.0 Å². The van der Waals surface area contributed by atoms with Gasteiger partial charge in [-0.3, -0.25) is 0 Å². The van der Waals surface area contributed by atoms with Crippen LogP contribution < -0.4 is 0 Å². The number of hydrogen-bond donors (Lipinski definition) is 2. The lowest BCUT2D eigenvalue weighted by atomic mass is 10.0. The molecule has 0 aromatic rings. The van der Waals surface area contributed by atoms with E-state index in [4.69, 9.17) is 4.74 Å². The fourth-order valence-electron chi connectivity index (χ4n) is 1.73. The van der Waals surface area contributed by atoms with Crippen LogP contribution in [0, 0.1) is 0 Å². The summed E-state index contributed by atoms with van der Waals surface area (Å²) in [6.45, 7) is 1.86. The molecule has 0 aliphatic carbocycles. The minimum atomic E-state index is -0.984. The molecule has 16 heavy (non-hydrogen) atoms. The summed E-state index contributed by atoms with van der Waals surface area (Å²) in [6, 6.07) is 0. The maximum atomic E-state index is 11.3. The second-order valence-electron chi connectivity index (χ2n) is 4.30. The van der Waals surface area contributed by atoms with E-state index in [0.717, 1.165) is 25.7 Å². The predicted molar refractivity (Wildman–Crippen MR) is 59.8 cm³/mol. The van der Waals surface area contributed by atoms with Crippen molar-refractivity contribution in [2.24, 2.45) is 0 Å². The van der Waals surface area contributed by atoms with E-state index >= 15 is 0 Å². The van der Waals surface area contributed by atoms with Gasteiger partial charge < -0.3 is 14.9 Å². The Morgan fingerprint density at radius 3 is 2.69 bits per heavy atom. The molecule has 0 fully saturated rings. The lowest BCUT2D eigenvalue weighted by Gasteiger charge is -2.16. The van der Waals surface area contributed by atoms with Gasteiger partial charge >= 0.3 is 5.97 Å². The molecule has 0 amide bonds. The summed E-state index contributed by atoms with van der Waals surface area (Å²) in [5.41, 5.74) is 0. The number of carbonyl (C=O) groups excluding carboxylic acids is 1. The first kappa shape index (κ1) is 13.2. The van der Waals surface area contributed by atoms with Crippen LogP contribution in [0.25, 0.3) is 0 Å². The summed E-state index contributed by atoms with van der Waals surface area (Å²) in [7, 11) is 0. The van der Waals surface area contributed by atoms with Crippen molar-refractivity contribution in [1.82, 2.24) is 0 Å². The average molecular weight is 228 g/mol. The molecule has 0 saturated heterocycles. The van der Waals surface area contributed by atoms with Crippen molar-refractivity contribution < 1.29 is 19.7 Å². The van der Waals surface area contributed by atoms with Gasteiger partial charge in [-0.2, -0.15) is 0 Å². The molecule has 92 valence electrons. The highest BCUT2D eigenvalue weighted by Crippen LogP contribution is 2.13. The van der Waals surface area contributed by atoms with Crippen LogP contribution in [0.4, 0.5) is 0 Å². The molecule has 0 aromatic carbocycles. The predicted octanol–water partition coefficient (Wildman–Crippen LogP) is 1.16. The fourth-order valence-corrected chi connectivity index (χ4v) is 1.73. The Morgan fingerprint density at radius 2 is 1.94 bits per heavy atom. The number of rotatable bonds is 0. The highest BCUT2D eigenvalue weighted by molar-refractivity contribution is 5.82. The van der Waals surface area contributed by atoms with Gasteiger partial charge in [-0.25, -0.2) is 4.79 Å². The summed E-state index contributed by atoms with van der Waals surface area (Å²) >= 11 is 0. The van der Waals surface area contributed by atoms with Crippen molar-refractivity contribution in [2.75, 3.05) is 0 Å². The van der Waals surface area contributed by atoms with Gasteiger partial charge in [0.05, 0.1) is 18.3 Å². The van der Waals surface area contributed by atoms with Crippen molar-refractivity contribution in [3.8, 4) is 0 Å². The minimum absolute atomic E-state index is 0.0846. The standard InChI is InChI=1S/C12H20O4/c1-9-5-3-2-4-6-10(13)11(14)7-8-12(15)16-9/h7-11,13-14H,2-6H2,1H3/b8-7+/t9?,10-,11+/m1/s1. The highest BCUT2D eigenvalue weighted by Gasteiger charge is 2.15. The van der Waals surface area contributed by atoms with E-state index in [2.05, 4.69) is 0 Å². The zero-order valence-electron chi connectivity index (χ0n) is 9.63. The van der Waals surface area contributed by atoms with Crippen LogP contribution in [0.1, 0.15) is 39.0 Å². The molecule has 2 N–H and O–H groups in total. The van der Waals surface area contributed by atoms with Gasteiger partial charge in [0, 0.05) is 6.08 Å². The number of aliphatic hydroxyl groups is 2. The third-order valence-corrected chi connectivity index (χ3v) is 2.75. The van der Waals surface area contributed by atoms with Gasteiger partial charge in [0.25, 0.3) is 0 Å². The topological polar surface area (TPSA) is 66.8 Å². The Morgan fingerprint density at radius 1 is 1.25 bits per heavy atom. The molecule has 0 saturated carbocycles. The van der Waals surface area contributed by atoms with E-state index in [-0.39, 0.29) is 6.10 Å². The summed E-state index contributed by atoms with van der Waals surface area (Å²) in [4.78, 5) is 11.3. The molecule has 1 rings (SSSR count). The van der Waals surface area contributed by atoms with Crippen molar-refractivity contribution in [2.45, 2.75) is 57.3 Å². The van der Waals surface area contributed by atoms with E-state index in [1.54, 1.807) is 0 Å². The second-order valence-corrected chi connectivity index (χ2v) is 4.30. The zero-order valence-corrected chi connectivity index (χ0v) is 9.63. The Balaban J connectivity index is 2.58. The summed E-state index contributed by atoms with van der Waals surface area (Å²) in [5.74, 6) is -0.459. The second kappa shape index (κ2) is 6.66. The van der Waals surface area contributed by atoms with Crippen LogP contribution in [0.5, 0.6) is 0 Å². The Kier molecular flexibility index (Phi) is 5.49. The van der Waals surface area contributed by atoms with Crippen LogP contribution in [-0.2, 0) is 9.53 Å². The van der Waals surface area contributed by atoms with Crippen LogP contribution in [-0.4, -0.2) is 34.5 Å². The molecule has 0 spiro atoms. The van der Waals surface area contributed by atoms with E-state index < -0.39 is 18.2 Å². The van der Waals surface area contributed by atoms with E-state index in [1.807, 2.05) is 6.92 Å². The minimum Gasteiger partial charge on any atom is -0.460 e. The fraction of sp³-hybridized carbons (Fsp3) is 0.750. The first-order valence-corrected chi connectivity index (χ1v) is 5.84. The number of aliphatic hydroxyl groups excluding tert-OH is 2. The Labute approximate surface area is 95.9 Å². The van der Waals surface area contributed by atoms with E-state index in [0.29, 0.717) is 6.42 Å². The maximum absolute atomic E-state index is 11.3. The quantitative estimate of drug-likeness (QED) is 0.611. The summed E-state index contributed by atoms with van der Waals surface area (Å²) < 4.78 is 5.09. The zero-order chi connectivity index (χ0) is 12.0. The molecule has 1 aliphatic heterocycles. The molecule has 0 radical (unpaired) electrons. The average Bonchev–Trinajstić information content (AvgIpc) is 2.23.